The molecular weight excluding hydrogens is 328 g/mol. The Labute approximate surface area is 145 Å². The minimum absolute atomic E-state index is 0. The number of methoxy groups -OCH3 is 2. The van der Waals surface area contributed by atoms with Crippen LogP contribution in [0.3, 0.4) is 0 Å². The van der Waals surface area contributed by atoms with E-state index in [-0.39, 0.29) is 13.0 Å². The van der Waals surface area contributed by atoms with Crippen LogP contribution in [0.15, 0.2) is 35.4 Å². The van der Waals surface area contributed by atoms with Gasteiger partial charge in [-0.15, -0.1) is 0 Å². The number of carbonyl (C=O) groups excluding carboxylic acids is 1. The van der Waals surface area contributed by atoms with Gasteiger partial charge in [-0.1, -0.05) is 7.43 Å². The number of nitrogens with zero attached hydrogens (tertiary/aromatic N) is 1. The Bertz CT molecular complexity index is 766. The van der Waals surface area contributed by atoms with Gasteiger partial charge < -0.3 is 24.8 Å². The van der Waals surface area contributed by atoms with Gasteiger partial charge in [-0.2, -0.15) is 5.10 Å². The largest absolute Gasteiger partial charge is 0.504 e. The van der Waals surface area contributed by atoms with Gasteiger partial charge in [0.05, 0.1) is 20.4 Å². The van der Waals surface area contributed by atoms with Crippen LogP contribution in [0, 0.1) is 0 Å². The molecule has 8 heteroatoms. The van der Waals surface area contributed by atoms with E-state index in [4.69, 9.17) is 9.47 Å². The highest BCUT2D eigenvalue weighted by atomic mass is 16.5. The van der Waals surface area contributed by atoms with Gasteiger partial charge >= 0.3 is 0 Å². The normalized spacial score (nSPS) is 10.2. The molecule has 1 amide bonds. The Hall–Kier alpha value is -3.42. The molecular formula is C17H20N2O6. The number of hydrogen-bond donors (Lipinski definition) is 4. The minimum Gasteiger partial charge on any atom is -0.504 e. The maximum absolute atomic E-state index is 11.9. The van der Waals surface area contributed by atoms with E-state index in [1.165, 1.54) is 20.4 Å². The van der Waals surface area contributed by atoms with E-state index in [1.54, 1.807) is 18.2 Å². The minimum atomic E-state index is -0.696. The van der Waals surface area contributed by atoms with Crippen molar-refractivity contribution in [3.63, 3.8) is 0 Å². The SMILES string of the molecule is C.COc1ccc(/C=N/NC(=O)c2cc(O)c(O)c(O)c2)c(OC)c1. The Kier molecular flexibility index (Phi) is 6.62. The number of benzene rings is 2. The van der Waals surface area contributed by atoms with Crippen molar-refractivity contribution in [3.05, 3.63) is 41.5 Å². The summed E-state index contributed by atoms with van der Waals surface area (Å²) >= 11 is 0. The average molecular weight is 348 g/mol. The lowest BCUT2D eigenvalue weighted by Crippen LogP contribution is -2.17. The van der Waals surface area contributed by atoms with Crippen molar-refractivity contribution >= 4 is 12.1 Å². The van der Waals surface area contributed by atoms with E-state index < -0.39 is 23.2 Å². The van der Waals surface area contributed by atoms with E-state index in [0.717, 1.165) is 12.1 Å². The Morgan fingerprint density at radius 2 is 1.72 bits per heavy atom. The topological polar surface area (TPSA) is 121 Å². The summed E-state index contributed by atoms with van der Waals surface area (Å²) in [6.07, 6.45) is 1.37. The van der Waals surface area contributed by atoms with Crippen molar-refractivity contribution in [2.75, 3.05) is 14.2 Å². The number of hydrogen-bond acceptors (Lipinski definition) is 7. The second-order valence-corrected chi connectivity index (χ2v) is 4.67. The molecule has 0 aliphatic heterocycles. The Morgan fingerprint density at radius 1 is 1.08 bits per heavy atom. The summed E-state index contributed by atoms with van der Waals surface area (Å²) in [5.41, 5.74) is 2.78. The number of nitrogens with one attached hydrogen (secondary N) is 1. The van der Waals surface area contributed by atoms with Gasteiger partial charge in [0.2, 0.25) is 0 Å². The molecule has 0 aliphatic carbocycles. The molecule has 4 N–H and O–H groups in total. The first-order chi connectivity index (χ1) is 11.5. The predicted octanol–water partition coefficient (Wildman–Crippen LogP) is 2.22. The monoisotopic (exact) mass is 348 g/mol. The number of phenolic OH excluding ortho intramolecular Hbond substituents is 3. The maximum Gasteiger partial charge on any atom is 0.271 e. The third-order valence-corrected chi connectivity index (χ3v) is 3.14. The summed E-state index contributed by atoms with van der Waals surface area (Å²) in [5.74, 6) is -1.47. The molecule has 134 valence electrons. The summed E-state index contributed by atoms with van der Waals surface area (Å²) in [4.78, 5) is 11.9. The molecule has 0 atom stereocenters. The molecule has 0 saturated heterocycles. The van der Waals surface area contributed by atoms with Crippen LogP contribution >= 0.6 is 0 Å². The van der Waals surface area contributed by atoms with E-state index in [1.807, 2.05) is 0 Å². The van der Waals surface area contributed by atoms with Crippen LogP contribution in [-0.2, 0) is 0 Å². The zero-order chi connectivity index (χ0) is 17.7. The zero-order valence-corrected chi connectivity index (χ0v) is 13.0. The molecule has 0 aromatic heterocycles. The average Bonchev–Trinajstić information content (AvgIpc) is 2.59. The van der Waals surface area contributed by atoms with Crippen molar-refractivity contribution in [2.45, 2.75) is 7.43 Å². The van der Waals surface area contributed by atoms with E-state index in [9.17, 15) is 20.1 Å². The van der Waals surface area contributed by atoms with Gasteiger partial charge in [-0.3, -0.25) is 4.79 Å². The van der Waals surface area contributed by atoms with Crippen LogP contribution in [-0.4, -0.2) is 41.7 Å². The van der Waals surface area contributed by atoms with Crippen LogP contribution in [0.1, 0.15) is 23.3 Å². The molecule has 0 heterocycles. The third kappa shape index (κ3) is 4.54. The third-order valence-electron chi connectivity index (χ3n) is 3.14. The molecule has 0 radical (unpaired) electrons. The fraction of sp³-hybridized carbons (Fsp3) is 0.176. The first-order valence-electron chi connectivity index (χ1n) is 6.76. The lowest BCUT2D eigenvalue weighted by molar-refractivity contribution is 0.0954. The van der Waals surface area contributed by atoms with Gasteiger partial charge in [0.15, 0.2) is 17.2 Å². The maximum atomic E-state index is 11.9. The number of ether oxygens (including phenoxy) is 2. The van der Waals surface area contributed by atoms with E-state index in [0.29, 0.717) is 17.1 Å². The molecule has 8 nitrogen and oxygen atoms in total. The molecule has 25 heavy (non-hydrogen) atoms. The molecule has 0 spiro atoms. The summed E-state index contributed by atoms with van der Waals surface area (Å²) in [6, 6.07) is 7.09. The quantitative estimate of drug-likeness (QED) is 0.373. The number of amides is 1. The number of rotatable bonds is 5. The fourth-order valence-corrected chi connectivity index (χ4v) is 1.89. The molecule has 0 saturated carbocycles. The molecule has 2 aromatic rings. The van der Waals surface area contributed by atoms with Crippen molar-refractivity contribution in [1.82, 2.24) is 5.43 Å². The van der Waals surface area contributed by atoms with E-state index in [2.05, 4.69) is 10.5 Å². The van der Waals surface area contributed by atoms with Gasteiger partial charge in [-0.05, 0) is 24.3 Å². The summed E-state index contributed by atoms with van der Waals surface area (Å²) in [7, 11) is 3.03. The fourth-order valence-electron chi connectivity index (χ4n) is 1.89. The number of aromatic hydroxyl groups is 3. The van der Waals surface area contributed by atoms with Crippen LogP contribution in [0.5, 0.6) is 28.7 Å². The highest BCUT2D eigenvalue weighted by Gasteiger charge is 2.13. The van der Waals surface area contributed by atoms with Crippen LogP contribution in [0.2, 0.25) is 0 Å². The molecule has 0 aliphatic rings. The van der Waals surface area contributed by atoms with Gasteiger partial charge in [-0.25, -0.2) is 5.43 Å². The second kappa shape index (κ2) is 8.44. The predicted molar refractivity (Wildman–Crippen MR) is 92.8 cm³/mol. The van der Waals surface area contributed by atoms with Crippen molar-refractivity contribution in [1.29, 1.82) is 0 Å². The van der Waals surface area contributed by atoms with Crippen LogP contribution in [0.25, 0.3) is 0 Å². The summed E-state index contributed by atoms with van der Waals surface area (Å²) < 4.78 is 10.3. The first kappa shape index (κ1) is 19.6. The number of carbonyl (C=O) groups is 1. The van der Waals surface area contributed by atoms with Crippen LogP contribution in [0.4, 0.5) is 0 Å². The number of hydrazone groups is 1. The Morgan fingerprint density at radius 3 is 2.28 bits per heavy atom. The highest BCUT2D eigenvalue weighted by molar-refractivity contribution is 5.96. The van der Waals surface area contributed by atoms with Crippen molar-refractivity contribution in [2.24, 2.45) is 5.10 Å². The summed E-state index contributed by atoms with van der Waals surface area (Å²) in [6.45, 7) is 0. The molecule has 2 rings (SSSR count). The zero-order valence-electron chi connectivity index (χ0n) is 13.0. The lowest BCUT2D eigenvalue weighted by atomic mass is 10.2. The lowest BCUT2D eigenvalue weighted by Gasteiger charge is -2.07. The van der Waals surface area contributed by atoms with Crippen molar-refractivity contribution in [3.8, 4) is 28.7 Å². The number of phenols is 3. The van der Waals surface area contributed by atoms with E-state index >= 15 is 0 Å². The van der Waals surface area contributed by atoms with Gasteiger partial charge in [0, 0.05) is 17.2 Å². The second-order valence-electron chi connectivity index (χ2n) is 4.67. The highest BCUT2D eigenvalue weighted by Crippen LogP contribution is 2.35. The van der Waals surface area contributed by atoms with Crippen molar-refractivity contribution < 1.29 is 29.6 Å². The standard InChI is InChI=1S/C16H16N2O6.CH4/c1-23-11-4-3-9(14(7-11)24-2)8-17-18-16(22)10-5-12(19)15(21)13(20)6-10;/h3-8,19-21H,1-2H3,(H,18,22);1H4/b17-8+;. The molecule has 0 bridgehead atoms. The van der Waals surface area contributed by atoms with Gasteiger partial charge in [0.25, 0.3) is 5.91 Å². The molecule has 2 aromatic carbocycles. The smallest absolute Gasteiger partial charge is 0.271 e. The molecule has 0 fully saturated rings. The molecule has 0 unspecified atom stereocenters. The first-order valence-corrected chi connectivity index (χ1v) is 6.76. The Balaban J connectivity index is 0.00000312. The summed E-state index contributed by atoms with van der Waals surface area (Å²) in [5, 5.41) is 31.8. The van der Waals surface area contributed by atoms with Crippen LogP contribution < -0.4 is 14.9 Å². The van der Waals surface area contributed by atoms with Gasteiger partial charge in [0.1, 0.15) is 11.5 Å².